The molecule has 0 aromatic heterocycles. The van der Waals surface area contributed by atoms with Gasteiger partial charge in [-0.1, -0.05) is 38.2 Å². The zero-order valence-corrected chi connectivity index (χ0v) is 11.1. The van der Waals surface area contributed by atoms with E-state index in [9.17, 15) is 14.0 Å². The first-order valence-electron chi connectivity index (χ1n) is 7.00. The van der Waals surface area contributed by atoms with Crippen molar-refractivity contribution in [3.05, 3.63) is 35.4 Å². The summed E-state index contributed by atoms with van der Waals surface area (Å²) >= 11 is 0. The van der Waals surface area contributed by atoms with Crippen LogP contribution in [0.4, 0.5) is 8.78 Å². The van der Waals surface area contributed by atoms with Crippen LogP contribution in [0.2, 0.25) is 0 Å². The lowest BCUT2D eigenvalue weighted by molar-refractivity contribution is 0.287. The van der Waals surface area contributed by atoms with Crippen LogP contribution >= 0.6 is 0 Å². The Bertz CT molecular complexity index is 468. The Balaban J connectivity index is 2.16. The number of hydrogen-bond acceptors (Lipinski definition) is 1. The van der Waals surface area contributed by atoms with Crippen LogP contribution in [-0.2, 0) is 6.42 Å². The van der Waals surface area contributed by atoms with E-state index in [1.54, 1.807) is 6.07 Å². The van der Waals surface area contributed by atoms with E-state index in [4.69, 9.17) is 0 Å². The molecule has 102 valence electrons. The molecule has 1 fully saturated rings. The van der Waals surface area contributed by atoms with Crippen molar-refractivity contribution in [1.82, 2.24) is 0 Å². The van der Waals surface area contributed by atoms with E-state index in [-0.39, 0.29) is 0 Å². The van der Waals surface area contributed by atoms with Gasteiger partial charge < -0.3 is 0 Å². The van der Waals surface area contributed by atoms with Crippen molar-refractivity contribution >= 4 is 0 Å². The van der Waals surface area contributed by atoms with Crippen molar-refractivity contribution < 1.29 is 8.78 Å². The molecule has 0 radical (unpaired) electrons. The Morgan fingerprint density at radius 2 is 1.63 bits per heavy atom. The maximum Gasteiger partial charge on any atom is 0.159 e. The van der Waals surface area contributed by atoms with Gasteiger partial charge in [-0.05, 0) is 37.0 Å². The van der Waals surface area contributed by atoms with Gasteiger partial charge in [0, 0.05) is 0 Å². The average Bonchev–Trinajstić information content (AvgIpc) is 2.37. The summed E-state index contributed by atoms with van der Waals surface area (Å²) in [6, 6.07) is 6.43. The highest BCUT2D eigenvalue weighted by molar-refractivity contribution is 5.21. The highest BCUT2D eigenvalue weighted by Crippen LogP contribution is 2.37. The van der Waals surface area contributed by atoms with Crippen LogP contribution in [0, 0.1) is 28.4 Å². The van der Waals surface area contributed by atoms with Gasteiger partial charge in [-0.3, -0.25) is 0 Å². The molecule has 0 amide bonds. The Morgan fingerprint density at radius 3 is 2.21 bits per heavy atom. The van der Waals surface area contributed by atoms with Gasteiger partial charge in [-0.25, -0.2) is 8.78 Å². The maximum atomic E-state index is 13.2. The predicted molar refractivity (Wildman–Crippen MR) is 70.4 cm³/mol. The van der Waals surface area contributed by atoms with E-state index in [1.165, 1.54) is 25.3 Å². The lowest BCUT2D eigenvalue weighted by Gasteiger charge is -2.28. The molecule has 0 heterocycles. The molecule has 0 atom stereocenters. The van der Waals surface area contributed by atoms with E-state index in [0.29, 0.717) is 6.42 Å². The third kappa shape index (κ3) is 3.53. The molecule has 0 aliphatic heterocycles. The molecule has 1 nitrogen and oxygen atoms in total. The van der Waals surface area contributed by atoms with Gasteiger partial charge in [0.2, 0.25) is 0 Å². The van der Waals surface area contributed by atoms with Crippen molar-refractivity contribution in [1.29, 1.82) is 5.26 Å². The van der Waals surface area contributed by atoms with Crippen LogP contribution < -0.4 is 0 Å². The Labute approximate surface area is 113 Å². The molecule has 19 heavy (non-hydrogen) atoms. The van der Waals surface area contributed by atoms with Gasteiger partial charge in [0.1, 0.15) is 0 Å². The second-order valence-corrected chi connectivity index (χ2v) is 5.59. The lowest BCUT2D eigenvalue weighted by Crippen LogP contribution is -2.23. The zero-order valence-electron chi connectivity index (χ0n) is 11.1. The van der Waals surface area contributed by atoms with Crippen LogP contribution in [-0.4, -0.2) is 0 Å². The summed E-state index contributed by atoms with van der Waals surface area (Å²) in [5, 5.41) is 9.53. The topological polar surface area (TPSA) is 23.8 Å². The van der Waals surface area contributed by atoms with Gasteiger partial charge in [0.25, 0.3) is 0 Å². The van der Waals surface area contributed by atoms with E-state index in [1.807, 2.05) is 0 Å². The van der Waals surface area contributed by atoms with Gasteiger partial charge in [-0.2, -0.15) is 5.26 Å². The average molecular weight is 263 g/mol. The molecule has 0 N–H and O–H groups in total. The van der Waals surface area contributed by atoms with E-state index < -0.39 is 17.0 Å². The molecule has 1 aromatic rings. The van der Waals surface area contributed by atoms with E-state index in [0.717, 1.165) is 37.3 Å². The fourth-order valence-corrected chi connectivity index (χ4v) is 2.95. The molecular formula is C16H19F2N. The van der Waals surface area contributed by atoms with Crippen molar-refractivity contribution in [2.45, 2.75) is 51.4 Å². The first-order chi connectivity index (χ1) is 9.15. The maximum absolute atomic E-state index is 13.2. The molecule has 1 saturated carbocycles. The largest absolute Gasteiger partial charge is 0.204 e. The summed E-state index contributed by atoms with van der Waals surface area (Å²) in [6.45, 7) is 0. The Hall–Kier alpha value is -1.43. The fraction of sp³-hybridized carbons (Fsp3) is 0.562. The molecule has 0 saturated heterocycles. The number of hydrogen-bond donors (Lipinski definition) is 0. The molecule has 0 bridgehead atoms. The summed E-state index contributed by atoms with van der Waals surface area (Å²) in [6.07, 6.45) is 7.94. The molecule has 1 aliphatic rings. The predicted octanol–water partition coefficient (Wildman–Crippen LogP) is 4.76. The molecule has 3 heteroatoms. The van der Waals surface area contributed by atoms with Gasteiger partial charge in [0.15, 0.2) is 11.6 Å². The summed E-state index contributed by atoms with van der Waals surface area (Å²) < 4.78 is 26.2. The number of halogens is 2. The standard InChI is InChI=1S/C16H19F2N/c17-14-7-6-13(10-15(14)18)11-16(12-19)8-4-2-1-3-5-9-16/h6-7,10H,1-5,8-9,11H2. The molecule has 0 unspecified atom stereocenters. The molecular weight excluding hydrogens is 244 g/mol. The molecule has 0 spiro atoms. The second-order valence-electron chi connectivity index (χ2n) is 5.59. The normalized spacial score (nSPS) is 19.2. The Morgan fingerprint density at radius 1 is 1.00 bits per heavy atom. The van der Waals surface area contributed by atoms with Crippen LogP contribution in [0.1, 0.15) is 50.5 Å². The van der Waals surface area contributed by atoms with E-state index >= 15 is 0 Å². The minimum Gasteiger partial charge on any atom is -0.204 e. The van der Waals surface area contributed by atoms with E-state index in [2.05, 4.69) is 6.07 Å². The number of benzene rings is 1. The van der Waals surface area contributed by atoms with Crippen LogP contribution in [0.25, 0.3) is 0 Å². The minimum absolute atomic E-state index is 0.398. The van der Waals surface area contributed by atoms with Crippen molar-refractivity contribution in [2.24, 2.45) is 5.41 Å². The van der Waals surface area contributed by atoms with Crippen molar-refractivity contribution in [3.8, 4) is 6.07 Å². The smallest absolute Gasteiger partial charge is 0.159 e. The lowest BCUT2D eigenvalue weighted by atomic mass is 9.73. The summed E-state index contributed by atoms with van der Waals surface area (Å²) in [5.74, 6) is -1.65. The monoisotopic (exact) mass is 263 g/mol. The summed E-state index contributed by atoms with van der Waals surface area (Å²) in [4.78, 5) is 0. The molecule has 1 aliphatic carbocycles. The summed E-state index contributed by atoms with van der Waals surface area (Å²) in [7, 11) is 0. The highest BCUT2D eigenvalue weighted by atomic mass is 19.2. The van der Waals surface area contributed by atoms with Crippen LogP contribution in [0.3, 0.4) is 0 Å². The zero-order chi connectivity index (χ0) is 13.7. The van der Waals surface area contributed by atoms with Crippen LogP contribution in [0.5, 0.6) is 0 Å². The highest BCUT2D eigenvalue weighted by Gasteiger charge is 2.30. The first-order valence-corrected chi connectivity index (χ1v) is 7.00. The summed E-state index contributed by atoms with van der Waals surface area (Å²) in [5.41, 5.74) is 0.325. The molecule has 1 aromatic carbocycles. The third-order valence-electron chi connectivity index (χ3n) is 4.07. The molecule has 2 rings (SSSR count). The van der Waals surface area contributed by atoms with Crippen LogP contribution in [0.15, 0.2) is 18.2 Å². The fourth-order valence-electron chi connectivity index (χ4n) is 2.95. The Kier molecular flexibility index (Phi) is 4.52. The SMILES string of the molecule is N#CC1(Cc2ccc(F)c(F)c2)CCCCCCC1. The first kappa shape index (κ1) is 14.0. The third-order valence-corrected chi connectivity index (χ3v) is 4.07. The van der Waals surface area contributed by atoms with Crippen molar-refractivity contribution in [2.75, 3.05) is 0 Å². The minimum atomic E-state index is -0.826. The van der Waals surface area contributed by atoms with Gasteiger partial charge in [0.05, 0.1) is 11.5 Å². The number of rotatable bonds is 2. The second kappa shape index (κ2) is 6.14. The van der Waals surface area contributed by atoms with Crippen molar-refractivity contribution in [3.63, 3.8) is 0 Å². The quantitative estimate of drug-likeness (QED) is 0.754. The van der Waals surface area contributed by atoms with Gasteiger partial charge >= 0.3 is 0 Å². The number of nitrogens with zero attached hydrogens (tertiary/aromatic N) is 1. The van der Waals surface area contributed by atoms with Gasteiger partial charge in [-0.15, -0.1) is 0 Å². The number of nitriles is 1.